The summed E-state index contributed by atoms with van der Waals surface area (Å²) in [5.74, 6) is 1.27. The van der Waals surface area contributed by atoms with Crippen molar-refractivity contribution < 1.29 is 5.21 Å². The minimum absolute atomic E-state index is 0.237. The summed E-state index contributed by atoms with van der Waals surface area (Å²) in [6.07, 6.45) is 1.01. The Kier molecular flexibility index (Phi) is 3.75. The average molecular weight is 199 g/mol. The zero-order chi connectivity index (χ0) is 10.7. The molecule has 0 aliphatic carbocycles. The van der Waals surface area contributed by atoms with Gasteiger partial charge in [-0.2, -0.15) is 0 Å². The molecule has 0 aromatic carbocycles. The number of hydrogen-bond acceptors (Lipinski definition) is 3. The van der Waals surface area contributed by atoms with E-state index < -0.39 is 0 Å². The van der Waals surface area contributed by atoms with Crippen molar-refractivity contribution in [2.45, 2.75) is 33.2 Å². The van der Waals surface area contributed by atoms with Crippen molar-refractivity contribution in [3.63, 3.8) is 0 Å². The van der Waals surface area contributed by atoms with Crippen LogP contribution in [-0.4, -0.2) is 35.1 Å². The van der Waals surface area contributed by atoms with E-state index in [0.29, 0.717) is 17.8 Å². The van der Waals surface area contributed by atoms with Crippen LogP contribution in [0.3, 0.4) is 0 Å². The molecule has 1 rings (SSSR count). The summed E-state index contributed by atoms with van der Waals surface area (Å²) in [7, 11) is 0. The molecule has 0 aromatic heterocycles. The number of amidine groups is 1. The summed E-state index contributed by atoms with van der Waals surface area (Å²) < 4.78 is 0. The molecule has 1 aliphatic heterocycles. The van der Waals surface area contributed by atoms with Crippen LogP contribution in [0.15, 0.2) is 5.16 Å². The van der Waals surface area contributed by atoms with Crippen LogP contribution >= 0.6 is 0 Å². The Morgan fingerprint density at radius 3 is 2.64 bits per heavy atom. The number of nitrogens with two attached hydrogens (primary N) is 1. The molecule has 4 heteroatoms. The molecule has 2 atom stereocenters. The van der Waals surface area contributed by atoms with Gasteiger partial charge in [0, 0.05) is 18.5 Å². The predicted molar refractivity (Wildman–Crippen MR) is 57.4 cm³/mol. The average Bonchev–Trinajstić information content (AvgIpc) is 2.64. The molecule has 0 bridgehead atoms. The van der Waals surface area contributed by atoms with Crippen molar-refractivity contribution in [3.05, 3.63) is 0 Å². The Labute approximate surface area is 85.8 Å². The van der Waals surface area contributed by atoms with E-state index in [1.807, 2.05) is 0 Å². The summed E-state index contributed by atoms with van der Waals surface area (Å²) in [6, 6.07) is 0.575. The molecule has 3 N–H and O–H groups in total. The van der Waals surface area contributed by atoms with Gasteiger partial charge in [-0.05, 0) is 25.8 Å². The van der Waals surface area contributed by atoms with Gasteiger partial charge in [0.05, 0.1) is 0 Å². The Morgan fingerprint density at radius 2 is 2.14 bits per heavy atom. The lowest BCUT2D eigenvalue weighted by Gasteiger charge is -2.27. The molecule has 0 radical (unpaired) electrons. The molecule has 0 aromatic rings. The Bertz CT molecular complexity index is 215. The maximum atomic E-state index is 8.57. The van der Waals surface area contributed by atoms with Crippen molar-refractivity contribution in [1.82, 2.24) is 4.90 Å². The number of rotatable bonds is 3. The molecule has 0 amide bonds. The van der Waals surface area contributed by atoms with Crippen LogP contribution in [0.1, 0.15) is 27.2 Å². The van der Waals surface area contributed by atoms with E-state index in [-0.39, 0.29) is 5.92 Å². The molecule has 4 nitrogen and oxygen atoms in total. The largest absolute Gasteiger partial charge is 0.409 e. The molecule has 0 saturated carbocycles. The fraction of sp³-hybridized carbons (Fsp3) is 0.900. The normalized spacial score (nSPS) is 27.1. The Balaban J connectivity index is 2.49. The minimum atomic E-state index is 0.237. The highest BCUT2D eigenvalue weighted by Crippen LogP contribution is 2.21. The standard InChI is InChI=1S/C10H21N3O/c1-7(2)8(3)13-5-4-9(6-13)10(11)12-14/h7-9,14H,4-6H2,1-3H3,(H2,11,12). The first-order chi connectivity index (χ1) is 6.56. The number of hydrogen-bond donors (Lipinski definition) is 2. The van der Waals surface area contributed by atoms with E-state index in [2.05, 4.69) is 30.8 Å². The second kappa shape index (κ2) is 4.64. The summed E-state index contributed by atoms with van der Waals surface area (Å²) >= 11 is 0. The van der Waals surface area contributed by atoms with Gasteiger partial charge in [0.25, 0.3) is 0 Å². The number of nitrogens with zero attached hydrogens (tertiary/aromatic N) is 2. The lowest BCUT2D eigenvalue weighted by molar-refractivity contribution is 0.204. The first kappa shape index (κ1) is 11.3. The monoisotopic (exact) mass is 199 g/mol. The summed E-state index contributed by atoms with van der Waals surface area (Å²) in [5, 5.41) is 11.7. The first-order valence-electron chi connectivity index (χ1n) is 5.27. The van der Waals surface area contributed by atoms with Gasteiger partial charge in [-0.25, -0.2) is 0 Å². The van der Waals surface area contributed by atoms with Crippen LogP contribution in [0.4, 0.5) is 0 Å². The van der Waals surface area contributed by atoms with Crippen molar-refractivity contribution in [2.24, 2.45) is 22.7 Å². The van der Waals surface area contributed by atoms with Crippen molar-refractivity contribution >= 4 is 5.84 Å². The second-order valence-electron chi connectivity index (χ2n) is 4.49. The lowest BCUT2D eigenvalue weighted by atomic mass is 10.1. The SMILES string of the molecule is CC(C)C(C)N1CCC(/C(N)=N/O)C1. The second-order valence-corrected chi connectivity index (χ2v) is 4.49. The molecule has 1 heterocycles. The van der Waals surface area contributed by atoms with Gasteiger partial charge < -0.3 is 10.9 Å². The summed E-state index contributed by atoms with van der Waals surface area (Å²) in [6.45, 7) is 8.66. The highest BCUT2D eigenvalue weighted by Gasteiger charge is 2.29. The molecule has 1 saturated heterocycles. The Hall–Kier alpha value is -0.770. The van der Waals surface area contributed by atoms with E-state index in [4.69, 9.17) is 10.9 Å². The highest BCUT2D eigenvalue weighted by molar-refractivity contribution is 5.82. The van der Waals surface area contributed by atoms with E-state index in [9.17, 15) is 0 Å². The van der Waals surface area contributed by atoms with E-state index in [1.165, 1.54) is 0 Å². The molecular formula is C10H21N3O. The van der Waals surface area contributed by atoms with Crippen LogP contribution in [-0.2, 0) is 0 Å². The van der Waals surface area contributed by atoms with E-state index in [1.54, 1.807) is 0 Å². The van der Waals surface area contributed by atoms with Gasteiger partial charge in [0.1, 0.15) is 5.84 Å². The first-order valence-corrected chi connectivity index (χ1v) is 5.27. The topological polar surface area (TPSA) is 61.8 Å². The van der Waals surface area contributed by atoms with Gasteiger partial charge in [-0.1, -0.05) is 19.0 Å². The van der Waals surface area contributed by atoms with Crippen LogP contribution in [0.2, 0.25) is 0 Å². The smallest absolute Gasteiger partial charge is 0.143 e. The minimum Gasteiger partial charge on any atom is -0.409 e. The number of oxime groups is 1. The zero-order valence-corrected chi connectivity index (χ0v) is 9.27. The third kappa shape index (κ3) is 2.38. The molecular weight excluding hydrogens is 178 g/mol. The predicted octanol–water partition coefficient (Wildman–Crippen LogP) is 1.10. The maximum Gasteiger partial charge on any atom is 0.143 e. The lowest BCUT2D eigenvalue weighted by Crippen LogP contribution is -2.36. The Morgan fingerprint density at radius 1 is 1.50 bits per heavy atom. The molecule has 1 fully saturated rings. The van der Waals surface area contributed by atoms with Gasteiger partial charge in [0.2, 0.25) is 0 Å². The van der Waals surface area contributed by atoms with Crippen molar-refractivity contribution in [1.29, 1.82) is 0 Å². The maximum absolute atomic E-state index is 8.57. The van der Waals surface area contributed by atoms with Crippen LogP contribution in [0.5, 0.6) is 0 Å². The number of likely N-dealkylation sites (tertiary alicyclic amines) is 1. The molecule has 2 unspecified atom stereocenters. The summed E-state index contributed by atoms with van der Waals surface area (Å²) in [5.41, 5.74) is 5.59. The van der Waals surface area contributed by atoms with Gasteiger partial charge in [0.15, 0.2) is 0 Å². The van der Waals surface area contributed by atoms with E-state index >= 15 is 0 Å². The van der Waals surface area contributed by atoms with Crippen LogP contribution in [0, 0.1) is 11.8 Å². The third-order valence-corrected chi connectivity index (χ3v) is 3.29. The molecule has 1 aliphatic rings. The molecule has 0 spiro atoms. The van der Waals surface area contributed by atoms with Crippen molar-refractivity contribution in [3.8, 4) is 0 Å². The highest BCUT2D eigenvalue weighted by atomic mass is 16.4. The zero-order valence-electron chi connectivity index (χ0n) is 9.27. The van der Waals surface area contributed by atoms with Gasteiger partial charge >= 0.3 is 0 Å². The fourth-order valence-corrected chi connectivity index (χ4v) is 1.90. The van der Waals surface area contributed by atoms with Crippen molar-refractivity contribution in [2.75, 3.05) is 13.1 Å². The van der Waals surface area contributed by atoms with Gasteiger partial charge in [-0.3, -0.25) is 4.90 Å². The van der Waals surface area contributed by atoms with E-state index in [0.717, 1.165) is 19.5 Å². The molecule has 82 valence electrons. The van der Waals surface area contributed by atoms with Crippen LogP contribution < -0.4 is 5.73 Å². The molecule has 14 heavy (non-hydrogen) atoms. The quantitative estimate of drug-likeness (QED) is 0.310. The van der Waals surface area contributed by atoms with Crippen LogP contribution in [0.25, 0.3) is 0 Å². The third-order valence-electron chi connectivity index (χ3n) is 3.29. The van der Waals surface area contributed by atoms with Gasteiger partial charge in [-0.15, -0.1) is 0 Å². The fourth-order valence-electron chi connectivity index (χ4n) is 1.90. The summed E-state index contributed by atoms with van der Waals surface area (Å²) in [4.78, 5) is 2.41.